The normalized spacial score (nSPS) is 16.1. The van der Waals surface area contributed by atoms with Crippen molar-refractivity contribution in [1.29, 1.82) is 0 Å². The summed E-state index contributed by atoms with van der Waals surface area (Å²) in [7, 11) is 1.67. The third-order valence-electron chi connectivity index (χ3n) is 6.59. The van der Waals surface area contributed by atoms with Crippen LogP contribution in [0.1, 0.15) is 66.0 Å². The van der Waals surface area contributed by atoms with Gasteiger partial charge in [0.05, 0.1) is 24.2 Å². The molecule has 0 unspecified atom stereocenters. The molecule has 0 atom stereocenters. The van der Waals surface area contributed by atoms with Crippen molar-refractivity contribution in [1.82, 2.24) is 15.0 Å². The molecule has 176 valence electrons. The fourth-order valence-corrected chi connectivity index (χ4v) is 4.86. The van der Waals surface area contributed by atoms with Gasteiger partial charge in [0.1, 0.15) is 18.1 Å². The molecule has 3 heterocycles. The van der Waals surface area contributed by atoms with Crippen LogP contribution in [0.2, 0.25) is 0 Å². The largest absolute Gasteiger partial charge is 0.497 e. The lowest BCUT2D eigenvalue weighted by Gasteiger charge is -2.22. The minimum absolute atomic E-state index is 0.562. The average Bonchev–Trinajstić information content (AvgIpc) is 2.87. The average molecular weight is 457 g/mol. The van der Waals surface area contributed by atoms with Crippen LogP contribution in [0, 0.1) is 6.92 Å². The second-order valence-corrected chi connectivity index (χ2v) is 9.19. The Morgan fingerprint density at radius 3 is 2.68 bits per heavy atom. The minimum Gasteiger partial charge on any atom is -0.497 e. The van der Waals surface area contributed by atoms with E-state index >= 15 is 0 Å². The summed E-state index contributed by atoms with van der Waals surface area (Å²) in [6.07, 6.45) is 9.61. The van der Waals surface area contributed by atoms with Crippen LogP contribution in [0.15, 0.2) is 41.6 Å². The van der Waals surface area contributed by atoms with Crippen molar-refractivity contribution in [2.24, 2.45) is 5.16 Å². The molecule has 5 rings (SSSR count). The zero-order valence-electron chi connectivity index (χ0n) is 20.1. The van der Waals surface area contributed by atoms with Gasteiger partial charge in [-0.15, -0.1) is 0 Å². The SMILES string of the molecule is COc1cc(C)nc(-c2cccc(CCCO/N=C3\CCCc4cc5c(nc43)CCCC5)n2)c1. The van der Waals surface area contributed by atoms with Gasteiger partial charge in [-0.1, -0.05) is 17.3 Å². The summed E-state index contributed by atoms with van der Waals surface area (Å²) >= 11 is 0. The van der Waals surface area contributed by atoms with Crippen molar-refractivity contribution in [3.05, 3.63) is 70.3 Å². The lowest BCUT2D eigenvalue weighted by molar-refractivity contribution is 0.141. The van der Waals surface area contributed by atoms with E-state index in [0.29, 0.717) is 6.61 Å². The smallest absolute Gasteiger partial charge is 0.122 e. The molecule has 6 nitrogen and oxygen atoms in total. The highest BCUT2D eigenvalue weighted by Crippen LogP contribution is 2.27. The number of rotatable bonds is 7. The van der Waals surface area contributed by atoms with E-state index in [9.17, 15) is 0 Å². The summed E-state index contributed by atoms with van der Waals surface area (Å²) in [6, 6.07) is 12.3. The summed E-state index contributed by atoms with van der Waals surface area (Å²) in [6.45, 7) is 2.52. The Hall–Kier alpha value is -3.28. The Labute approximate surface area is 201 Å². The van der Waals surface area contributed by atoms with Gasteiger partial charge in [-0.05, 0) is 88.0 Å². The first-order valence-electron chi connectivity index (χ1n) is 12.4. The third-order valence-corrected chi connectivity index (χ3v) is 6.59. The Kier molecular flexibility index (Phi) is 6.84. The van der Waals surface area contributed by atoms with Gasteiger partial charge in [-0.3, -0.25) is 15.0 Å². The molecule has 0 spiro atoms. The van der Waals surface area contributed by atoms with Crippen LogP contribution in [0.5, 0.6) is 5.75 Å². The molecule has 34 heavy (non-hydrogen) atoms. The molecule has 0 saturated heterocycles. The molecule has 3 aromatic heterocycles. The van der Waals surface area contributed by atoms with E-state index in [1.165, 1.54) is 36.1 Å². The van der Waals surface area contributed by atoms with E-state index < -0.39 is 0 Å². The topological polar surface area (TPSA) is 69.5 Å². The van der Waals surface area contributed by atoms with Gasteiger partial charge >= 0.3 is 0 Å². The standard InChI is InChI=1S/C28H32N4O2/c1-19-16-23(33-2)18-27(29-19)25-13-6-10-22(30-25)11-7-15-34-32-26-14-5-9-21-17-20-8-3-4-12-24(20)31-28(21)26/h6,10,13,16-18H,3-5,7-9,11-12,14-15H2,1-2H3/b32-26+. The van der Waals surface area contributed by atoms with Gasteiger partial charge in [0.15, 0.2) is 0 Å². The van der Waals surface area contributed by atoms with Crippen molar-refractivity contribution >= 4 is 5.71 Å². The number of hydrogen-bond acceptors (Lipinski definition) is 6. The van der Waals surface area contributed by atoms with Crippen molar-refractivity contribution in [3.63, 3.8) is 0 Å². The number of hydrogen-bond donors (Lipinski definition) is 0. The molecule has 6 heteroatoms. The Balaban J connectivity index is 1.20. The first kappa shape index (κ1) is 22.5. The van der Waals surface area contributed by atoms with Crippen LogP contribution in [0.25, 0.3) is 11.4 Å². The molecule has 3 aromatic rings. The van der Waals surface area contributed by atoms with Crippen LogP contribution >= 0.6 is 0 Å². The third kappa shape index (κ3) is 5.11. The van der Waals surface area contributed by atoms with Crippen LogP contribution < -0.4 is 4.74 Å². The maximum atomic E-state index is 5.75. The van der Waals surface area contributed by atoms with Crippen LogP contribution in [0.4, 0.5) is 0 Å². The summed E-state index contributed by atoms with van der Waals surface area (Å²) in [5, 5.41) is 4.51. The number of pyridine rings is 3. The predicted molar refractivity (Wildman–Crippen MR) is 133 cm³/mol. The first-order valence-corrected chi connectivity index (χ1v) is 12.4. The molecule has 0 fully saturated rings. The van der Waals surface area contributed by atoms with Crippen LogP contribution in [-0.2, 0) is 30.5 Å². The molecule has 0 N–H and O–H groups in total. The van der Waals surface area contributed by atoms with Crippen molar-refractivity contribution in [2.45, 2.75) is 64.7 Å². The summed E-state index contributed by atoms with van der Waals surface area (Å²) in [5.41, 5.74) is 9.75. The van der Waals surface area contributed by atoms with Gasteiger partial charge < -0.3 is 9.57 Å². The molecular formula is C28H32N4O2. The maximum absolute atomic E-state index is 5.75. The zero-order valence-corrected chi connectivity index (χ0v) is 20.1. The Bertz CT molecular complexity index is 1210. The highest BCUT2D eigenvalue weighted by molar-refractivity contribution is 6.00. The number of aryl methyl sites for hydroxylation is 5. The van der Waals surface area contributed by atoms with Crippen LogP contribution in [-0.4, -0.2) is 34.4 Å². The lowest BCUT2D eigenvalue weighted by Crippen LogP contribution is -2.18. The molecule has 0 bridgehead atoms. The highest BCUT2D eigenvalue weighted by Gasteiger charge is 2.22. The van der Waals surface area contributed by atoms with Crippen molar-refractivity contribution < 1.29 is 9.57 Å². The van der Waals surface area contributed by atoms with E-state index in [4.69, 9.17) is 19.5 Å². The van der Waals surface area contributed by atoms with Gasteiger partial charge in [0.2, 0.25) is 0 Å². The molecule has 0 aromatic carbocycles. The highest BCUT2D eigenvalue weighted by atomic mass is 16.6. The second-order valence-electron chi connectivity index (χ2n) is 9.19. The molecular weight excluding hydrogens is 424 g/mol. The Morgan fingerprint density at radius 1 is 0.882 bits per heavy atom. The van der Waals surface area contributed by atoms with Gasteiger partial charge in [-0.25, -0.2) is 0 Å². The molecule has 0 aliphatic heterocycles. The van der Waals surface area contributed by atoms with E-state index in [2.05, 4.69) is 16.2 Å². The molecule has 0 saturated carbocycles. The van der Waals surface area contributed by atoms with E-state index in [-0.39, 0.29) is 0 Å². The van der Waals surface area contributed by atoms with Crippen molar-refractivity contribution in [2.75, 3.05) is 13.7 Å². The van der Waals surface area contributed by atoms with Crippen molar-refractivity contribution in [3.8, 4) is 17.1 Å². The van der Waals surface area contributed by atoms with Gasteiger partial charge in [-0.2, -0.15) is 0 Å². The lowest BCUT2D eigenvalue weighted by atomic mass is 9.88. The van der Waals surface area contributed by atoms with E-state index in [0.717, 1.165) is 78.5 Å². The second kappa shape index (κ2) is 10.3. The predicted octanol–water partition coefficient (Wildman–Crippen LogP) is 5.42. The number of oxime groups is 1. The monoisotopic (exact) mass is 456 g/mol. The van der Waals surface area contributed by atoms with E-state index in [1.54, 1.807) is 7.11 Å². The minimum atomic E-state index is 0.562. The molecule has 2 aliphatic rings. The summed E-state index contributed by atoms with van der Waals surface area (Å²) < 4.78 is 5.38. The number of aromatic nitrogens is 3. The van der Waals surface area contributed by atoms with E-state index in [1.807, 2.05) is 37.3 Å². The first-order chi connectivity index (χ1) is 16.7. The van der Waals surface area contributed by atoms with Gasteiger partial charge in [0.25, 0.3) is 0 Å². The van der Waals surface area contributed by atoms with Gasteiger partial charge in [0, 0.05) is 29.2 Å². The summed E-state index contributed by atoms with van der Waals surface area (Å²) in [5.74, 6) is 0.793. The fourth-order valence-electron chi connectivity index (χ4n) is 4.86. The molecule has 0 radical (unpaired) electrons. The number of nitrogens with zero attached hydrogens (tertiary/aromatic N) is 4. The fraction of sp³-hybridized carbons (Fsp3) is 0.429. The molecule has 0 amide bonds. The number of fused-ring (bicyclic) bond motifs is 2. The summed E-state index contributed by atoms with van der Waals surface area (Å²) in [4.78, 5) is 20.2. The Morgan fingerprint density at radius 2 is 1.76 bits per heavy atom. The van der Waals surface area contributed by atoms with Crippen LogP contribution in [0.3, 0.4) is 0 Å². The zero-order chi connectivity index (χ0) is 23.3. The number of ether oxygens (including phenoxy) is 1. The maximum Gasteiger partial charge on any atom is 0.122 e. The quantitative estimate of drug-likeness (QED) is 0.350. The number of methoxy groups -OCH3 is 1. The molecule has 2 aliphatic carbocycles.